The molecule has 0 aromatic carbocycles. The molecule has 0 atom stereocenters. The van der Waals surface area contributed by atoms with Crippen molar-refractivity contribution >= 4 is 19.8 Å². The van der Waals surface area contributed by atoms with E-state index in [0.29, 0.717) is 0 Å². The van der Waals surface area contributed by atoms with Crippen LogP contribution in [0.4, 0.5) is 0 Å². The number of phosphoric acid groups is 1. The Morgan fingerprint density at radius 1 is 1.07 bits per heavy atom. The predicted octanol–water partition coefficient (Wildman–Crippen LogP) is 1.33. The van der Waals surface area contributed by atoms with E-state index < -0.39 is 19.8 Å². The molecule has 15 heavy (non-hydrogen) atoms. The van der Waals surface area contributed by atoms with Gasteiger partial charge in [0.2, 0.25) is 0 Å². The second-order valence-corrected chi connectivity index (χ2v) is 4.09. The lowest BCUT2D eigenvalue weighted by Gasteiger charge is -2.10. The first-order chi connectivity index (χ1) is 6.65. The summed E-state index contributed by atoms with van der Waals surface area (Å²) >= 11 is 0. The topological polar surface area (TPSA) is 89.9 Å². The Morgan fingerprint density at radius 3 is 1.53 bits per heavy atom. The van der Waals surface area contributed by atoms with Gasteiger partial charge in [-0.25, -0.2) is 14.2 Å². The number of carbonyl (C=O) groups excluding carboxylic acids is 2. The van der Waals surface area contributed by atoms with Gasteiger partial charge in [0.15, 0.2) is 0 Å². The van der Waals surface area contributed by atoms with Gasteiger partial charge in [-0.15, -0.1) is 0 Å². The van der Waals surface area contributed by atoms with Gasteiger partial charge in [-0.1, -0.05) is 13.2 Å². The van der Waals surface area contributed by atoms with Crippen LogP contribution < -0.4 is 0 Å². The highest BCUT2D eigenvalue weighted by molar-refractivity contribution is 7.48. The fourth-order valence-corrected chi connectivity index (χ4v) is 1.15. The Balaban J connectivity index is 4.51. The van der Waals surface area contributed by atoms with Crippen molar-refractivity contribution in [3.8, 4) is 0 Å². The summed E-state index contributed by atoms with van der Waals surface area (Å²) in [7, 11) is -4.73. The summed E-state index contributed by atoms with van der Waals surface area (Å²) in [5.74, 6) is -2.23. The first-order valence-electron chi connectivity index (χ1n) is 3.77. The fraction of sp³-hybridized carbons (Fsp3) is 0.250. The second-order valence-electron chi connectivity index (χ2n) is 2.79. The maximum Gasteiger partial charge on any atom is 0.589 e. The summed E-state index contributed by atoms with van der Waals surface area (Å²) in [6.45, 7) is 8.94. The van der Waals surface area contributed by atoms with E-state index in [9.17, 15) is 14.2 Å². The van der Waals surface area contributed by atoms with Crippen LogP contribution >= 0.6 is 7.82 Å². The van der Waals surface area contributed by atoms with Crippen LogP contribution in [0, 0.1) is 0 Å². The molecule has 0 aliphatic carbocycles. The van der Waals surface area contributed by atoms with E-state index in [2.05, 4.69) is 22.2 Å². The summed E-state index contributed by atoms with van der Waals surface area (Å²) < 4.78 is 19.0. The van der Waals surface area contributed by atoms with Gasteiger partial charge in [0, 0.05) is 11.1 Å². The van der Waals surface area contributed by atoms with E-state index in [1.807, 2.05) is 0 Å². The summed E-state index contributed by atoms with van der Waals surface area (Å²) in [5.41, 5.74) is -0.175. The second kappa shape index (κ2) is 4.91. The third kappa shape index (κ3) is 5.15. The minimum atomic E-state index is -4.73. The number of hydrogen-bond acceptors (Lipinski definition) is 5. The van der Waals surface area contributed by atoms with Crippen molar-refractivity contribution in [2.24, 2.45) is 0 Å². The molecule has 0 aliphatic heterocycles. The molecule has 0 saturated carbocycles. The fourth-order valence-electron chi connectivity index (χ4n) is 0.384. The molecule has 84 valence electrons. The first-order valence-corrected chi connectivity index (χ1v) is 5.27. The molecular formula is C8H11O6P. The highest BCUT2D eigenvalue weighted by Crippen LogP contribution is 2.44. The zero-order chi connectivity index (χ0) is 12.2. The number of carbonyl (C=O) groups is 2. The monoisotopic (exact) mass is 234 g/mol. The van der Waals surface area contributed by atoms with Gasteiger partial charge in [0.05, 0.1) is 0 Å². The van der Waals surface area contributed by atoms with Crippen LogP contribution in [0.15, 0.2) is 24.3 Å². The third-order valence-corrected chi connectivity index (χ3v) is 1.89. The predicted molar refractivity (Wildman–Crippen MR) is 51.6 cm³/mol. The molecule has 0 amide bonds. The molecule has 0 saturated heterocycles. The molecule has 0 radical (unpaired) electrons. The standard InChI is InChI=1S/C8H11O6P/c1-5(2)7(9)13-15(11,12)14-8(10)6(3)4/h1,3H2,2,4H3,(H,11,12). The van der Waals surface area contributed by atoms with E-state index >= 15 is 0 Å². The lowest BCUT2D eigenvalue weighted by Crippen LogP contribution is -2.09. The van der Waals surface area contributed by atoms with E-state index in [4.69, 9.17) is 4.89 Å². The Hall–Kier alpha value is -1.39. The highest BCUT2D eigenvalue weighted by atomic mass is 31.2. The molecule has 0 heterocycles. The van der Waals surface area contributed by atoms with Crippen LogP contribution in [-0.4, -0.2) is 16.8 Å². The molecule has 0 aromatic heterocycles. The largest absolute Gasteiger partial charge is 0.589 e. The van der Waals surface area contributed by atoms with Crippen LogP contribution in [-0.2, 0) is 23.2 Å². The molecule has 1 N–H and O–H groups in total. The van der Waals surface area contributed by atoms with Gasteiger partial charge >= 0.3 is 19.8 Å². The van der Waals surface area contributed by atoms with E-state index in [-0.39, 0.29) is 11.1 Å². The van der Waals surface area contributed by atoms with Crippen molar-refractivity contribution in [2.45, 2.75) is 13.8 Å². The van der Waals surface area contributed by atoms with Crippen molar-refractivity contribution in [1.82, 2.24) is 0 Å². The van der Waals surface area contributed by atoms with Gasteiger partial charge in [0.25, 0.3) is 0 Å². The lowest BCUT2D eigenvalue weighted by molar-refractivity contribution is -0.135. The zero-order valence-electron chi connectivity index (χ0n) is 8.35. The molecule has 0 bridgehead atoms. The van der Waals surface area contributed by atoms with Gasteiger partial charge in [0.1, 0.15) is 0 Å². The van der Waals surface area contributed by atoms with Crippen molar-refractivity contribution in [3.63, 3.8) is 0 Å². The van der Waals surface area contributed by atoms with Crippen LogP contribution in [0.1, 0.15) is 13.8 Å². The van der Waals surface area contributed by atoms with E-state index in [0.717, 1.165) is 0 Å². The summed E-state index contributed by atoms with van der Waals surface area (Å²) in [5, 5.41) is 0. The zero-order valence-corrected chi connectivity index (χ0v) is 9.24. The summed E-state index contributed by atoms with van der Waals surface area (Å²) in [6.07, 6.45) is 0. The Morgan fingerprint density at radius 2 is 1.33 bits per heavy atom. The summed E-state index contributed by atoms with van der Waals surface area (Å²) in [6, 6.07) is 0. The average molecular weight is 234 g/mol. The van der Waals surface area contributed by atoms with Crippen molar-refractivity contribution in [1.29, 1.82) is 0 Å². The van der Waals surface area contributed by atoms with Gasteiger partial charge in [-0.05, 0) is 13.8 Å². The number of hydrogen-bond donors (Lipinski definition) is 1. The molecule has 0 unspecified atom stereocenters. The molecule has 0 aromatic rings. The van der Waals surface area contributed by atoms with Crippen molar-refractivity contribution in [3.05, 3.63) is 24.3 Å². The molecule has 0 aliphatic rings. The SMILES string of the molecule is C=C(C)C(=O)OP(=O)(O)OC(=O)C(=C)C. The average Bonchev–Trinajstić information content (AvgIpc) is 2.01. The Kier molecular flexibility index (Phi) is 4.45. The van der Waals surface area contributed by atoms with E-state index in [1.54, 1.807) is 0 Å². The van der Waals surface area contributed by atoms with Gasteiger partial charge < -0.3 is 9.05 Å². The third-order valence-electron chi connectivity index (χ3n) is 1.09. The first kappa shape index (κ1) is 13.6. The van der Waals surface area contributed by atoms with Crippen molar-refractivity contribution < 1.29 is 28.1 Å². The Bertz CT molecular complexity index is 337. The number of phosphoric ester groups is 1. The normalized spacial score (nSPS) is 10.3. The number of rotatable bonds is 4. The molecule has 6 nitrogen and oxygen atoms in total. The smallest absolute Gasteiger partial charge is 0.358 e. The van der Waals surface area contributed by atoms with Crippen LogP contribution in [0.3, 0.4) is 0 Å². The van der Waals surface area contributed by atoms with Gasteiger partial charge in [-0.3, -0.25) is 4.89 Å². The van der Waals surface area contributed by atoms with Crippen LogP contribution in [0.2, 0.25) is 0 Å². The van der Waals surface area contributed by atoms with Gasteiger partial charge in [-0.2, -0.15) is 0 Å². The maximum atomic E-state index is 11.0. The minimum absolute atomic E-state index is 0.0874. The molecule has 7 heteroatoms. The quantitative estimate of drug-likeness (QED) is 0.582. The molecule has 0 spiro atoms. The minimum Gasteiger partial charge on any atom is -0.358 e. The summed E-state index contributed by atoms with van der Waals surface area (Å²) in [4.78, 5) is 30.6. The molecule has 0 rings (SSSR count). The molecule has 0 fully saturated rings. The lowest BCUT2D eigenvalue weighted by atomic mass is 10.4. The van der Waals surface area contributed by atoms with Crippen molar-refractivity contribution in [2.75, 3.05) is 0 Å². The Labute approximate surface area is 86.8 Å². The molecular weight excluding hydrogens is 223 g/mol. The van der Waals surface area contributed by atoms with Crippen LogP contribution in [0.25, 0.3) is 0 Å². The highest BCUT2D eigenvalue weighted by Gasteiger charge is 2.30. The van der Waals surface area contributed by atoms with E-state index in [1.165, 1.54) is 13.8 Å². The van der Waals surface area contributed by atoms with Crippen LogP contribution in [0.5, 0.6) is 0 Å². The maximum absolute atomic E-state index is 11.0.